The Hall–Kier alpha value is -2.56. The van der Waals surface area contributed by atoms with E-state index in [1.54, 1.807) is 11.8 Å². The van der Waals surface area contributed by atoms with E-state index in [9.17, 15) is 4.79 Å². The fourth-order valence-electron chi connectivity index (χ4n) is 3.90. The van der Waals surface area contributed by atoms with Crippen LogP contribution >= 0.6 is 11.6 Å². The maximum atomic E-state index is 12.6. The predicted octanol–water partition coefficient (Wildman–Crippen LogP) is 5.72. The van der Waals surface area contributed by atoms with Crippen LogP contribution in [0.1, 0.15) is 30.1 Å². The monoisotopic (exact) mass is 409 g/mol. The molecule has 1 amide bonds. The van der Waals surface area contributed by atoms with Gasteiger partial charge in [0.1, 0.15) is 0 Å². The Bertz CT molecular complexity index is 976. The van der Waals surface area contributed by atoms with Crippen molar-refractivity contribution in [1.82, 2.24) is 4.90 Å². The zero-order valence-electron chi connectivity index (χ0n) is 16.3. The average molecular weight is 410 g/mol. The van der Waals surface area contributed by atoms with Gasteiger partial charge < -0.3 is 14.4 Å². The Kier molecular flexibility index (Phi) is 6.02. The minimum absolute atomic E-state index is 0.0253. The zero-order chi connectivity index (χ0) is 20.2. The molecule has 4 nitrogen and oxygen atoms in total. The van der Waals surface area contributed by atoms with Crippen molar-refractivity contribution in [2.75, 3.05) is 19.7 Å². The van der Waals surface area contributed by atoms with Crippen LogP contribution in [0.3, 0.4) is 0 Å². The molecule has 1 saturated heterocycles. The van der Waals surface area contributed by atoms with Gasteiger partial charge in [0, 0.05) is 19.0 Å². The molecule has 0 radical (unpaired) electrons. The number of alkyl halides is 1. The van der Waals surface area contributed by atoms with Gasteiger partial charge in [-0.3, -0.25) is 0 Å². The highest BCUT2D eigenvalue weighted by Gasteiger charge is 2.33. The van der Waals surface area contributed by atoms with E-state index in [1.165, 1.54) is 10.8 Å². The summed E-state index contributed by atoms with van der Waals surface area (Å²) in [5, 5.41) is 2.36. The summed E-state index contributed by atoms with van der Waals surface area (Å²) in [6.45, 7) is 3.05. The lowest BCUT2D eigenvalue weighted by atomic mass is 9.87. The second kappa shape index (κ2) is 8.85. The maximum Gasteiger partial charge on any atom is 0.411 e. The van der Waals surface area contributed by atoms with Crippen molar-refractivity contribution < 1.29 is 14.3 Å². The molecular weight excluding hydrogens is 386 g/mol. The standard InChI is InChI=1S/C24H24ClNO3/c1-17(25)29-24(27)26-13-14-28-23(19-8-3-2-4-9-19)22(16-26)21-12-11-18-7-5-6-10-20(18)15-21/h2-12,15,17,22-23H,13-14,16H2,1H3. The van der Waals surface area contributed by atoms with Gasteiger partial charge in [0.25, 0.3) is 0 Å². The topological polar surface area (TPSA) is 38.8 Å². The van der Waals surface area contributed by atoms with Crippen molar-refractivity contribution in [3.63, 3.8) is 0 Å². The molecular formula is C24H24ClNO3. The van der Waals surface area contributed by atoms with E-state index in [0.29, 0.717) is 19.7 Å². The third-order valence-electron chi connectivity index (χ3n) is 5.29. The van der Waals surface area contributed by atoms with Crippen LogP contribution in [0, 0.1) is 0 Å². The Morgan fingerprint density at radius 2 is 1.76 bits per heavy atom. The first-order valence-electron chi connectivity index (χ1n) is 9.86. The largest absolute Gasteiger partial charge is 0.430 e. The summed E-state index contributed by atoms with van der Waals surface area (Å²) in [7, 11) is 0. The van der Waals surface area contributed by atoms with Crippen LogP contribution in [0.5, 0.6) is 0 Å². The molecule has 1 aliphatic rings. The zero-order valence-corrected chi connectivity index (χ0v) is 17.1. The lowest BCUT2D eigenvalue weighted by Crippen LogP contribution is -2.36. The molecule has 1 heterocycles. The fraction of sp³-hybridized carbons (Fsp3) is 0.292. The number of carbonyl (C=O) groups is 1. The Labute approximate surface area is 176 Å². The molecule has 29 heavy (non-hydrogen) atoms. The predicted molar refractivity (Wildman–Crippen MR) is 115 cm³/mol. The van der Waals surface area contributed by atoms with E-state index < -0.39 is 11.7 Å². The highest BCUT2D eigenvalue weighted by molar-refractivity contribution is 6.19. The number of nitrogens with zero attached hydrogens (tertiary/aromatic N) is 1. The van der Waals surface area contributed by atoms with Crippen LogP contribution in [-0.2, 0) is 9.47 Å². The number of carbonyl (C=O) groups excluding carboxylic acids is 1. The molecule has 3 aromatic carbocycles. The van der Waals surface area contributed by atoms with Gasteiger partial charge in [-0.05, 0) is 28.8 Å². The number of fused-ring (bicyclic) bond motifs is 1. The average Bonchev–Trinajstić information content (AvgIpc) is 2.97. The molecule has 1 aliphatic heterocycles. The van der Waals surface area contributed by atoms with Gasteiger partial charge in [-0.1, -0.05) is 84.4 Å². The van der Waals surface area contributed by atoms with Crippen molar-refractivity contribution in [2.24, 2.45) is 0 Å². The summed E-state index contributed by atoms with van der Waals surface area (Å²) < 4.78 is 11.5. The highest BCUT2D eigenvalue weighted by atomic mass is 35.5. The molecule has 0 N–H and O–H groups in total. The van der Waals surface area contributed by atoms with Gasteiger partial charge in [-0.2, -0.15) is 0 Å². The van der Waals surface area contributed by atoms with Gasteiger partial charge in [0.05, 0.1) is 12.7 Å². The molecule has 0 saturated carbocycles. The van der Waals surface area contributed by atoms with Gasteiger partial charge in [0.2, 0.25) is 0 Å². The molecule has 0 spiro atoms. The summed E-state index contributed by atoms with van der Waals surface area (Å²) in [5.41, 5.74) is 1.57. The number of ether oxygens (including phenoxy) is 2. The summed E-state index contributed by atoms with van der Waals surface area (Å²) in [6.07, 6.45) is -0.556. The lowest BCUT2D eigenvalue weighted by molar-refractivity contribution is 0.0496. The van der Waals surface area contributed by atoms with E-state index in [2.05, 4.69) is 42.5 Å². The van der Waals surface area contributed by atoms with E-state index in [1.807, 2.05) is 30.3 Å². The second-order valence-electron chi connectivity index (χ2n) is 7.29. The molecule has 1 fully saturated rings. The third-order valence-corrected chi connectivity index (χ3v) is 5.38. The number of benzene rings is 3. The number of rotatable bonds is 3. The first-order valence-corrected chi connectivity index (χ1v) is 10.3. The van der Waals surface area contributed by atoms with E-state index in [-0.39, 0.29) is 12.0 Å². The van der Waals surface area contributed by atoms with Gasteiger partial charge in [-0.25, -0.2) is 4.79 Å². The smallest absolute Gasteiger partial charge is 0.411 e. The van der Waals surface area contributed by atoms with Crippen molar-refractivity contribution >= 4 is 28.5 Å². The van der Waals surface area contributed by atoms with Gasteiger partial charge in [0.15, 0.2) is 5.56 Å². The quantitative estimate of drug-likeness (QED) is 0.519. The number of hydrogen-bond donors (Lipinski definition) is 0. The first-order chi connectivity index (χ1) is 14.1. The summed E-state index contributed by atoms with van der Waals surface area (Å²) in [4.78, 5) is 14.3. The maximum absolute atomic E-state index is 12.6. The Morgan fingerprint density at radius 1 is 1.03 bits per heavy atom. The molecule has 150 valence electrons. The molecule has 0 aliphatic carbocycles. The van der Waals surface area contributed by atoms with Crippen molar-refractivity contribution in [2.45, 2.75) is 24.5 Å². The fourth-order valence-corrected chi connectivity index (χ4v) is 3.98. The Balaban J connectivity index is 1.72. The van der Waals surface area contributed by atoms with Crippen LogP contribution in [-0.4, -0.2) is 36.3 Å². The normalized spacial score (nSPS) is 20.8. The van der Waals surface area contributed by atoms with E-state index in [0.717, 1.165) is 11.1 Å². The van der Waals surface area contributed by atoms with Crippen LogP contribution in [0.15, 0.2) is 72.8 Å². The SMILES string of the molecule is CC(Cl)OC(=O)N1CCOC(c2ccccc2)C(c2ccc3ccccc3c2)C1. The number of amides is 1. The van der Waals surface area contributed by atoms with Crippen LogP contribution in [0.2, 0.25) is 0 Å². The third kappa shape index (κ3) is 4.55. The summed E-state index contributed by atoms with van der Waals surface area (Å²) >= 11 is 5.87. The lowest BCUT2D eigenvalue weighted by Gasteiger charge is -2.28. The number of halogens is 1. The van der Waals surface area contributed by atoms with Crippen LogP contribution < -0.4 is 0 Å². The number of hydrogen-bond acceptors (Lipinski definition) is 3. The van der Waals surface area contributed by atoms with E-state index >= 15 is 0 Å². The Morgan fingerprint density at radius 3 is 2.52 bits per heavy atom. The molecule has 4 rings (SSSR count). The summed E-state index contributed by atoms with van der Waals surface area (Å²) in [6, 6.07) is 24.9. The van der Waals surface area contributed by atoms with Crippen molar-refractivity contribution in [3.05, 3.63) is 83.9 Å². The van der Waals surface area contributed by atoms with Gasteiger partial charge in [-0.15, -0.1) is 0 Å². The highest BCUT2D eigenvalue weighted by Crippen LogP contribution is 2.37. The van der Waals surface area contributed by atoms with Gasteiger partial charge >= 0.3 is 6.09 Å². The molecule has 0 bridgehead atoms. The van der Waals surface area contributed by atoms with Crippen LogP contribution in [0.4, 0.5) is 4.79 Å². The first kappa shape index (κ1) is 19.7. The van der Waals surface area contributed by atoms with E-state index in [4.69, 9.17) is 21.1 Å². The van der Waals surface area contributed by atoms with Crippen molar-refractivity contribution in [3.8, 4) is 0 Å². The van der Waals surface area contributed by atoms with Crippen LogP contribution in [0.25, 0.3) is 10.8 Å². The molecule has 5 heteroatoms. The summed E-state index contributed by atoms with van der Waals surface area (Å²) in [5.74, 6) is -0.0253. The minimum atomic E-state index is -0.671. The minimum Gasteiger partial charge on any atom is -0.430 e. The second-order valence-corrected chi connectivity index (χ2v) is 7.90. The molecule has 0 aromatic heterocycles. The van der Waals surface area contributed by atoms with Crippen molar-refractivity contribution in [1.29, 1.82) is 0 Å². The molecule has 3 unspecified atom stereocenters. The molecule has 3 aromatic rings. The molecule has 3 atom stereocenters.